The largest absolute Gasteiger partial charge is 0.318 e. The number of anilines is 1. The van der Waals surface area contributed by atoms with E-state index < -0.39 is 11.7 Å². The van der Waals surface area contributed by atoms with Gasteiger partial charge in [-0.3, -0.25) is 14.3 Å². The highest BCUT2D eigenvalue weighted by Crippen LogP contribution is 2.35. The second-order valence-electron chi connectivity index (χ2n) is 3.63. The highest BCUT2D eigenvalue weighted by atomic mass is 79.9. The van der Waals surface area contributed by atoms with Crippen LogP contribution in [0.1, 0.15) is 10.4 Å². The Bertz CT molecular complexity index is 660. The van der Waals surface area contributed by atoms with Crippen LogP contribution in [-0.4, -0.2) is 21.5 Å². The van der Waals surface area contributed by atoms with Crippen LogP contribution in [0, 0.1) is 0 Å². The Morgan fingerprint density at radius 3 is 2.94 bits per heavy atom. The third-order valence-corrected chi connectivity index (χ3v) is 3.15. The number of fused-ring (bicyclic) bond motifs is 3. The molecule has 2 heterocycles. The number of nitrogens with one attached hydrogen (secondary N) is 1. The average molecular weight is 280 g/mol. The molecule has 3 rings (SSSR count). The van der Waals surface area contributed by atoms with Crippen molar-refractivity contribution < 1.29 is 9.59 Å². The number of benzene rings is 1. The van der Waals surface area contributed by atoms with Crippen LogP contribution < -0.4 is 5.32 Å². The van der Waals surface area contributed by atoms with E-state index in [1.807, 2.05) is 0 Å². The van der Waals surface area contributed by atoms with Gasteiger partial charge in [-0.25, -0.2) is 0 Å². The van der Waals surface area contributed by atoms with Gasteiger partial charge in [0.25, 0.3) is 11.7 Å². The van der Waals surface area contributed by atoms with Crippen molar-refractivity contribution in [3.8, 4) is 0 Å². The predicted molar refractivity (Wildman–Crippen MR) is 61.4 cm³/mol. The quantitative estimate of drug-likeness (QED) is 0.743. The van der Waals surface area contributed by atoms with Crippen LogP contribution in [0.4, 0.5) is 5.69 Å². The zero-order chi connectivity index (χ0) is 11.4. The van der Waals surface area contributed by atoms with E-state index >= 15 is 0 Å². The van der Waals surface area contributed by atoms with Gasteiger partial charge in [0.15, 0.2) is 0 Å². The molecule has 0 saturated carbocycles. The molecule has 2 aromatic rings. The molecule has 0 atom stereocenters. The fourth-order valence-electron chi connectivity index (χ4n) is 1.90. The number of Topliss-reactive ketones (excluding diaryl/α,β-unsaturated/α-hetero) is 1. The van der Waals surface area contributed by atoms with Crippen molar-refractivity contribution in [3.05, 3.63) is 22.3 Å². The van der Waals surface area contributed by atoms with Crippen molar-refractivity contribution in [2.24, 2.45) is 7.05 Å². The van der Waals surface area contributed by atoms with Crippen molar-refractivity contribution in [2.75, 3.05) is 5.32 Å². The fourth-order valence-corrected chi connectivity index (χ4v) is 2.42. The number of carbonyl (C=O) groups excluding carboxylic acids is 2. The number of rotatable bonds is 0. The van der Waals surface area contributed by atoms with Gasteiger partial charge in [0.05, 0.1) is 11.3 Å². The highest BCUT2D eigenvalue weighted by Gasteiger charge is 2.31. The number of hydrogen-bond donors (Lipinski definition) is 1. The zero-order valence-electron chi connectivity index (χ0n) is 8.24. The predicted octanol–water partition coefficient (Wildman–Crippen LogP) is 1.47. The Kier molecular flexibility index (Phi) is 1.74. The topological polar surface area (TPSA) is 64.0 Å². The van der Waals surface area contributed by atoms with Gasteiger partial charge >= 0.3 is 0 Å². The number of hydrogen-bond acceptors (Lipinski definition) is 3. The van der Waals surface area contributed by atoms with Crippen LogP contribution in [0.3, 0.4) is 0 Å². The van der Waals surface area contributed by atoms with Crippen LogP contribution in [0.15, 0.2) is 16.7 Å². The molecule has 5 nitrogen and oxygen atoms in total. The van der Waals surface area contributed by atoms with Gasteiger partial charge in [0.1, 0.15) is 5.52 Å². The summed E-state index contributed by atoms with van der Waals surface area (Å²) in [5.74, 6) is -1.08. The first-order chi connectivity index (χ1) is 7.58. The standard InChI is InChI=1S/C10H6BrN3O2/c1-14-3-4-7-6(12-10(16)9(7)15)2-5(11)8(4)13-14/h2-3H,1H3,(H,12,15,16). The van der Waals surface area contributed by atoms with Crippen LogP contribution in [0.25, 0.3) is 10.9 Å². The summed E-state index contributed by atoms with van der Waals surface area (Å²) in [5, 5.41) is 7.45. The maximum Gasteiger partial charge on any atom is 0.296 e. The molecule has 1 aromatic heterocycles. The smallest absolute Gasteiger partial charge is 0.296 e. The van der Waals surface area contributed by atoms with E-state index in [1.165, 1.54) is 0 Å². The highest BCUT2D eigenvalue weighted by molar-refractivity contribution is 9.10. The van der Waals surface area contributed by atoms with E-state index in [1.54, 1.807) is 24.0 Å². The minimum Gasteiger partial charge on any atom is -0.318 e. The summed E-state index contributed by atoms with van der Waals surface area (Å²) in [4.78, 5) is 23.0. The number of aryl methyl sites for hydroxylation is 1. The molecular weight excluding hydrogens is 274 g/mol. The van der Waals surface area contributed by atoms with Crippen molar-refractivity contribution in [1.82, 2.24) is 9.78 Å². The minimum atomic E-state index is -0.585. The lowest BCUT2D eigenvalue weighted by Gasteiger charge is -1.99. The Morgan fingerprint density at radius 1 is 1.44 bits per heavy atom. The summed E-state index contributed by atoms with van der Waals surface area (Å²) in [7, 11) is 1.77. The molecule has 0 aliphatic carbocycles. The lowest BCUT2D eigenvalue weighted by Crippen LogP contribution is -2.12. The maximum absolute atomic E-state index is 11.7. The molecule has 6 heteroatoms. The van der Waals surface area contributed by atoms with Gasteiger partial charge in [-0.05, 0) is 22.0 Å². The number of halogens is 1. The summed E-state index contributed by atoms with van der Waals surface area (Å²) in [5.41, 5.74) is 1.64. The number of nitrogens with zero attached hydrogens (tertiary/aromatic N) is 2. The Labute approximate surface area is 98.5 Å². The van der Waals surface area contributed by atoms with E-state index in [0.29, 0.717) is 22.2 Å². The van der Waals surface area contributed by atoms with Crippen molar-refractivity contribution >= 4 is 44.2 Å². The first kappa shape index (κ1) is 9.53. The molecule has 1 aliphatic rings. The average Bonchev–Trinajstić information content (AvgIpc) is 2.70. The fraction of sp³-hybridized carbons (Fsp3) is 0.100. The van der Waals surface area contributed by atoms with Gasteiger partial charge in [-0.15, -0.1) is 0 Å². The summed E-state index contributed by atoms with van der Waals surface area (Å²) in [6, 6.07) is 1.70. The van der Waals surface area contributed by atoms with Crippen LogP contribution in [-0.2, 0) is 11.8 Å². The van der Waals surface area contributed by atoms with E-state index in [2.05, 4.69) is 26.3 Å². The molecule has 0 fully saturated rings. The first-order valence-corrected chi connectivity index (χ1v) is 5.39. The molecule has 1 aliphatic heterocycles. The molecule has 0 bridgehead atoms. The molecule has 16 heavy (non-hydrogen) atoms. The van der Waals surface area contributed by atoms with Gasteiger partial charge in [-0.1, -0.05) is 0 Å². The number of aromatic nitrogens is 2. The molecular formula is C10H6BrN3O2. The summed E-state index contributed by atoms with van der Waals surface area (Å²) in [6.07, 6.45) is 1.73. The van der Waals surface area contributed by atoms with Crippen molar-refractivity contribution in [1.29, 1.82) is 0 Å². The van der Waals surface area contributed by atoms with Gasteiger partial charge in [-0.2, -0.15) is 5.10 Å². The molecule has 0 unspecified atom stereocenters. The number of carbonyl (C=O) groups is 2. The van der Waals surface area contributed by atoms with Gasteiger partial charge in [0.2, 0.25) is 0 Å². The molecule has 0 radical (unpaired) electrons. The van der Waals surface area contributed by atoms with E-state index in [9.17, 15) is 9.59 Å². The lowest BCUT2D eigenvalue weighted by atomic mass is 10.1. The molecule has 0 spiro atoms. The second kappa shape index (κ2) is 2.91. The first-order valence-electron chi connectivity index (χ1n) is 4.59. The summed E-state index contributed by atoms with van der Waals surface area (Å²) >= 11 is 3.37. The zero-order valence-corrected chi connectivity index (χ0v) is 9.83. The minimum absolute atomic E-state index is 0.413. The van der Waals surface area contributed by atoms with Crippen LogP contribution >= 0.6 is 15.9 Å². The lowest BCUT2D eigenvalue weighted by molar-refractivity contribution is -0.112. The monoisotopic (exact) mass is 279 g/mol. The third-order valence-electron chi connectivity index (χ3n) is 2.55. The summed E-state index contributed by atoms with van der Waals surface area (Å²) in [6.45, 7) is 0. The van der Waals surface area contributed by atoms with Crippen molar-refractivity contribution in [2.45, 2.75) is 0 Å². The van der Waals surface area contributed by atoms with E-state index in [-0.39, 0.29) is 0 Å². The SMILES string of the molecule is Cn1cc2c3c(cc(Br)c2n1)NC(=O)C3=O. The normalized spacial score (nSPS) is 14.4. The van der Waals surface area contributed by atoms with Crippen LogP contribution in [0.2, 0.25) is 0 Å². The molecule has 1 N–H and O–H groups in total. The van der Waals surface area contributed by atoms with Crippen LogP contribution in [0.5, 0.6) is 0 Å². The molecule has 0 saturated heterocycles. The Balaban J connectivity index is 2.48. The molecule has 80 valence electrons. The third kappa shape index (κ3) is 1.07. The molecule has 1 aromatic carbocycles. The number of ketones is 1. The second-order valence-corrected chi connectivity index (χ2v) is 4.48. The van der Waals surface area contributed by atoms with Crippen molar-refractivity contribution in [3.63, 3.8) is 0 Å². The van der Waals surface area contributed by atoms with E-state index in [4.69, 9.17) is 0 Å². The Hall–Kier alpha value is -1.69. The van der Waals surface area contributed by atoms with Gasteiger partial charge in [0, 0.05) is 23.1 Å². The Morgan fingerprint density at radius 2 is 2.19 bits per heavy atom. The maximum atomic E-state index is 11.7. The number of amides is 1. The van der Waals surface area contributed by atoms with Gasteiger partial charge < -0.3 is 5.32 Å². The van der Waals surface area contributed by atoms with E-state index in [0.717, 1.165) is 4.47 Å². The molecule has 1 amide bonds. The summed E-state index contributed by atoms with van der Waals surface area (Å²) < 4.78 is 2.38.